The Morgan fingerprint density at radius 2 is 2.25 bits per heavy atom. The summed E-state index contributed by atoms with van der Waals surface area (Å²) in [5.74, 6) is 0. The lowest BCUT2D eigenvalue weighted by Crippen LogP contribution is -1.71. The fourth-order valence-electron chi connectivity index (χ4n) is 0.359. The Kier molecular flexibility index (Phi) is 4.27. The fourth-order valence-corrected chi connectivity index (χ4v) is 0.359. The molecule has 0 spiro atoms. The van der Waals surface area contributed by atoms with E-state index in [4.69, 9.17) is 5.11 Å². The van der Waals surface area contributed by atoms with Crippen LogP contribution < -0.4 is 0 Å². The Bertz CT molecular complexity index is 92.6. The summed E-state index contributed by atoms with van der Waals surface area (Å²) < 4.78 is 0. The van der Waals surface area contributed by atoms with Gasteiger partial charge in [-0.1, -0.05) is 24.3 Å². The average molecular weight is 112 g/mol. The van der Waals surface area contributed by atoms with E-state index in [0.29, 0.717) is 0 Å². The van der Waals surface area contributed by atoms with E-state index in [0.717, 1.165) is 12.0 Å². The van der Waals surface area contributed by atoms with Crippen molar-refractivity contribution in [3.8, 4) is 0 Å². The summed E-state index contributed by atoms with van der Waals surface area (Å²) in [7, 11) is 0. The van der Waals surface area contributed by atoms with E-state index in [1.807, 2.05) is 13.0 Å². The van der Waals surface area contributed by atoms with Crippen LogP contribution in [0.5, 0.6) is 0 Å². The summed E-state index contributed by atoms with van der Waals surface area (Å²) in [6.07, 6.45) is 4.50. The number of hydrogen-bond acceptors (Lipinski definition) is 1. The van der Waals surface area contributed by atoms with Gasteiger partial charge in [-0.3, -0.25) is 0 Å². The van der Waals surface area contributed by atoms with Crippen molar-refractivity contribution < 1.29 is 5.11 Å². The highest BCUT2D eigenvalue weighted by atomic mass is 16.2. The highest BCUT2D eigenvalue weighted by Gasteiger charge is 1.75. The molecule has 0 aliphatic rings. The molecule has 1 nitrogen and oxygen atoms in total. The molecule has 0 saturated heterocycles. The van der Waals surface area contributed by atoms with Crippen molar-refractivity contribution in [2.45, 2.75) is 13.3 Å². The third-order valence-electron chi connectivity index (χ3n) is 0.738. The molecule has 0 aliphatic heterocycles. The van der Waals surface area contributed by atoms with Gasteiger partial charge in [-0.15, -0.1) is 0 Å². The molecule has 46 valence electrons. The van der Waals surface area contributed by atoms with E-state index >= 15 is 0 Å². The topological polar surface area (TPSA) is 20.2 Å². The Labute approximate surface area is 50.3 Å². The molecule has 1 N–H and O–H groups in total. The molecule has 0 saturated carbocycles. The summed E-state index contributed by atoms with van der Waals surface area (Å²) in [5.41, 5.74) is 1.12. The van der Waals surface area contributed by atoms with Crippen LogP contribution in [0.2, 0.25) is 0 Å². The molecule has 0 atom stereocenters. The minimum absolute atomic E-state index is 0.132. The van der Waals surface area contributed by atoms with Crippen LogP contribution in [0.3, 0.4) is 0 Å². The van der Waals surface area contributed by atoms with Gasteiger partial charge in [-0.25, -0.2) is 0 Å². The van der Waals surface area contributed by atoms with E-state index in [2.05, 4.69) is 6.58 Å². The van der Waals surface area contributed by atoms with Crippen LogP contribution in [-0.2, 0) is 0 Å². The maximum atomic E-state index is 8.26. The summed E-state index contributed by atoms with van der Waals surface area (Å²) >= 11 is 0. The number of allylic oxidation sites excluding steroid dienone is 2. The molecule has 0 radical (unpaired) electrons. The Morgan fingerprint density at radius 3 is 2.62 bits per heavy atom. The summed E-state index contributed by atoms with van der Waals surface area (Å²) in [6, 6.07) is 0. The molecule has 0 heterocycles. The Balaban J connectivity index is 3.16. The minimum atomic E-state index is 0.132. The highest BCUT2D eigenvalue weighted by Crippen LogP contribution is 1.94. The van der Waals surface area contributed by atoms with Crippen LogP contribution in [0.25, 0.3) is 0 Å². The second-order valence-corrected chi connectivity index (χ2v) is 1.82. The first-order chi connectivity index (χ1) is 3.77. The monoisotopic (exact) mass is 112 g/mol. The van der Waals surface area contributed by atoms with Gasteiger partial charge in [0.05, 0.1) is 6.61 Å². The van der Waals surface area contributed by atoms with Crippen LogP contribution in [-0.4, -0.2) is 11.7 Å². The lowest BCUT2D eigenvalue weighted by Gasteiger charge is -1.86. The molecule has 0 bridgehead atoms. The third kappa shape index (κ3) is 5.44. The van der Waals surface area contributed by atoms with Gasteiger partial charge in [0.25, 0.3) is 0 Å². The summed E-state index contributed by atoms with van der Waals surface area (Å²) in [5, 5.41) is 8.26. The van der Waals surface area contributed by atoms with Gasteiger partial charge in [0.15, 0.2) is 0 Å². The van der Waals surface area contributed by atoms with Crippen molar-refractivity contribution in [1.29, 1.82) is 0 Å². The highest BCUT2D eigenvalue weighted by molar-refractivity contribution is 4.98. The van der Waals surface area contributed by atoms with E-state index < -0.39 is 0 Å². The molecule has 0 aromatic heterocycles. The molecular formula is C7H12O. The Morgan fingerprint density at radius 1 is 1.62 bits per heavy atom. The van der Waals surface area contributed by atoms with Crippen molar-refractivity contribution in [3.05, 3.63) is 24.3 Å². The van der Waals surface area contributed by atoms with Gasteiger partial charge >= 0.3 is 0 Å². The first kappa shape index (κ1) is 7.44. The molecule has 0 aromatic carbocycles. The van der Waals surface area contributed by atoms with Crippen LogP contribution >= 0.6 is 0 Å². The zero-order valence-corrected chi connectivity index (χ0v) is 5.22. The van der Waals surface area contributed by atoms with Crippen LogP contribution in [0.4, 0.5) is 0 Å². The largest absolute Gasteiger partial charge is 0.392 e. The zero-order chi connectivity index (χ0) is 6.41. The number of hydrogen-bond donors (Lipinski definition) is 1. The van der Waals surface area contributed by atoms with Crippen LogP contribution in [0, 0.1) is 0 Å². The molecule has 0 aliphatic carbocycles. The fraction of sp³-hybridized carbons (Fsp3) is 0.429. The van der Waals surface area contributed by atoms with Gasteiger partial charge in [0.2, 0.25) is 0 Å². The van der Waals surface area contributed by atoms with Gasteiger partial charge in [-0.2, -0.15) is 0 Å². The normalized spacial score (nSPS) is 10.2. The molecule has 0 amide bonds. The second kappa shape index (κ2) is 4.60. The van der Waals surface area contributed by atoms with Crippen molar-refractivity contribution in [2.24, 2.45) is 0 Å². The molecule has 8 heavy (non-hydrogen) atoms. The number of aliphatic hydroxyl groups excluding tert-OH is 1. The minimum Gasteiger partial charge on any atom is -0.392 e. The van der Waals surface area contributed by atoms with Crippen LogP contribution in [0.15, 0.2) is 24.3 Å². The summed E-state index contributed by atoms with van der Waals surface area (Å²) in [6.45, 7) is 5.79. The first-order valence-corrected chi connectivity index (χ1v) is 2.67. The van der Waals surface area contributed by atoms with E-state index in [-0.39, 0.29) is 6.61 Å². The third-order valence-corrected chi connectivity index (χ3v) is 0.738. The molecule has 0 unspecified atom stereocenters. The lowest BCUT2D eigenvalue weighted by atomic mass is 10.2. The van der Waals surface area contributed by atoms with Gasteiger partial charge in [0.1, 0.15) is 0 Å². The first-order valence-electron chi connectivity index (χ1n) is 2.67. The van der Waals surface area contributed by atoms with Gasteiger partial charge in [0, 0.05) is 0 Å². The molecule has 0 aromatic rings. The molecule has 0 rings (SSSR count). The number of aliphatic hydroxyl groups is 1. The van der Waals surface area contributed by atoms with Crippen LogP contribution in [0.1, 0.15) is 13.3 Å². The summed E-state index contributed by atoms with van der Waals surface area (Å²) in [4.78, 5) is 0. The van der Waals surface area contributed by atoms with Crippen molar-refractivity contribution >= 4 is 0 Å². The number of rotatable bonds is 3. The van der Waals surface area contributed by atoms with Crippen molar-refractivity contribution in [3.63, 3.8) is 0 Å². The van der Waals surface area contributed by atoms with E-state index in [9.17, 15) is 0 Å². The molecular weight excluding hydrogens is 100 g/mol. The van der Waals surface area contributed by atoms with Gasteiger partial charge in [-0.05, 0) is 13.3 Å². The van der Waals surface area contributed by atoms with E-state index in [1.165, 1.54) is 0 Å². The maximum absolute atomic E-state index is 8.26. The smallest absolute Gasteiger partial charge is 0.0612 e. The SMILES string of the molecule is C=C(C)C/C=C/CO. The van der Waals surface area contributed by atoms with Crippen molar-refractivity contribution in [2.75, 3.05) is 6.61 Å². The quantitative estimate of drug-likeness (QED) is 0.548. The lowest BCUT2D eigenvalue weighted by molar-refractivity contribution is 0.342. The predicted octanol–water partition coefficient (Wildman–Crippen LogP) is 1.50. The average Bonchev–Trinajstić information content (AvgIpc) is 1.66. The predicted molar refractivity (Wildman–Crippen MR) is 35.7 cm³/mol. The molecule has 1 heteroatoms. The Hall–Kier alpha value is -0.560. The van der Waals surface area contributed by atoms with Gasteiger partial charge < -0.3 is 5.11 Å². The molecule has 0 fully saturated rings. The maximum Gasteiger partial charge on any atom is 0.0612 e. The van der Waals surface area contributed by atoms with Crippen molar-refractivity contribution in [1.82, 2.24) is 0 Å². The second-order valence-electron chi connectivity index (χ2n) is 1.82. The standard InChI is InChI=1S/C7H12O/c1-7(2)5-3-4-6-8/h3-4,8H,1,5-6H2,2H3/b4-3+. The zero-order valence-electron chi connectivity index (χ0n) is 5.22. The van der Waals surface area contributed by atoms with E-state index in [1.54, 1.807) is 6.08 Å².